The van der Waals surface area contributed by atoms with Crippen molar-refractivity contribution < 1.29 is 4.79 Å². The highest BCUT2D eigenvalue weighted by molar-refractivity contribution is 8.00. The normalized spacial score (nSPS) is 13.5. The predicted octanol–water partition coefficient (Wildman–Crippen LogP) is 6.18. The molecule has 0 spiro atoms. The Hall–Kier alpha value is -2.44. The van der Waals surface area contributed by atoms with Crippen molar-refractivity contribution in [2.75, 3.05) is 17.2 Å². The van der Waals surface area contributed by atoms with Crippen molar-refractivity contribution in [2.24, 2.45) is 0 Å². The van der Waals surface area contributed by atoms with Gasteiger partial charge in [0.25, 0.3) is 0 Å². The lowest BCUT2D eigenvalue weighted by Gasteiger charge is -2.22. The fourth-order valence-corrected chi connectivity index (χ4v) is 6.81. The standard InChI is InChI=1S/C25H25N3OS2/c1-3-28(20-13-8-10-17-9-4-5-11-18(17)20)22(29)15-30-24-23-19-12-6-7-14-21(19)31-25(23)27-16(2)26-24/h4-5,8-11,13H,3,6-7,12,14-15H2,1-2H3. The molecule has 0 radical (unpaired) electrons. The molecule has 0 bridgehead atoms. The second-order valence-corrected chi connectivity index (χ2v) is 9.94. The van der Waals surface area contributed by atoms with Crippen molar-refractivity contribution in [3.8, 4) is 0 Å². The van der Waals surface area contributed by atoms with Crippen molar-refractivity contribution in [1.82, 2.24) is 9.97 Å². The molecule has 0 N–H and O–H groups in total. The Balaban J connectivity index is 1.44. The van der Waals surface area contributed by atoms with Gasteiger partial charge in [-0.3, -0.25) is 4.79 Å². The van der Waals surface area contributed by atoms with Crippen LogP contribution < -0.4 is 4.90 Å². The number of aromatic nitrogens is 2. The minimum atomic E-state index is 0.109. The molecular formula is C25H25N3OS2. The molecular weight excluding hydrogens is 422 g/mol. The number of carbonyl (C=O) groups excluding carboxylic acids is 1. The molecule has 6 heteroatoms. The third kappa shape index (κ3) is 3.83. The van der Waals surface area contributed by atoms with E-state index in [1.807, 2.05) is 54.3 Å². The van der Waals surface area contributed by atoms with Crippen LogP contribution in [0, 0.1) is 6.92 Å². The predicted molar refractivity (Wildman–Crippen MR) is 131 cm³/mol. The molecule has 2 heterocycles. The molecule has 2 aromatic heterocycles. The zero-order valence-electron chi connectivity index (χ0n) is 17.9. The van der Waals surface area contributed by atoms with Gasteiger partial charge < -0.3 is 4.90 Å². The van der Waals surface area contributed by atoms with E-state index in [0.29, 0.717) is 12.3 Å². The summed E-state index contributed by atoms with van der Waals surface area (Å²) in [5.41, 5.74) is 2.39. The molecule has 31 heavy (non-hydrogen) atoms. The molecule has 4 aromatic rings. The van der Waals surface area contributed by atoms with Crippen LogP contribution in [0.1, 0.15) is 36.0 Å². The molecule has 158 valence electrons. The van der Waals surface area contributed by atoms with Crippen LogP contribution >= 0.6 is 23.1 Å². The lowest BCUT2D eigenvalue weighted by Crippen LogP contribution is -2.32. The zero-order valence-corrected chi connectivity index (χ0v) is 19.5. The van der Waals surface area contributed by atoms with Gasteiger partial charge in [-0.25, -0.2) is 9.97 Å². The smallest absolute Gasteiger partial charge is 0.237 e. The maximum Gasteiger partial charge on any atom is 0.237 e. The average Bonchev–Trinajstić information content (AvgIpc) is 3.16. The van der Waals surface area contributed by atoms with Crippen LogP contribution in [-0.4, -0.2) is 28.2 Å². The summed E-state index contributed by atoms with van der Waals surface area (Å²) < 4.78 is 0. The number of fused-ring (bicyclic) bond motifs is 4. The maximum absolute atomic E-state index is 13.3. The van der Waals surface area contributed by atoms with Crippen LogP contribution in [0.3, 0.4) is 0 Å². The Kier molecular flexibility index (Phi) is 5.67. The molecule has 5 rings (SSSR count). The third-order valence-electron chi connectivity index (χ3n) is 5.90. The first-order chi connectivity index (χ1) is 15.2. The Morgan fingerprint density at radius 2 is 1.90 bits per heavy atom. The minimum absolute atomic E-state index is 0.109. The maximum atomic E-state index is 13.3. The van der Waals surface area contributed by atoms with Gasteiger partial charge in [-0.2, -0.15) is 0 Å². The summed E-state index contributed by atoms with van der Waals surface area (Å²) in [5.74, 6) is 1.26. The second kappa shape index (κ2) is 8.60. The molecule has 1 aliphatic carbocycles. The topological polar surface area (TPSA) is 46.1 Å². The van der Waals surface area contributed by atoms with Gasteiger partial charge in [0.2, 0.25) is 5.91 Å². The summed E-state index contributed by atoms with van der Waals surface area (Å²) in [4.78, 5) is 27.2. The monoisotopic (exact) mass is 447 g/mol. The Morgan fingerprint density at radius 1 is 1.10 bits per heavy atom. The SMILES string of the molecule is CCN(C(=O)CSc1nc(C)nc2sc3c(c12)CCCC3)c1cccc2ccccc12. The highest BCUT2D eigenvalue weighted by atomic mass is 32.2. The van der Waals surface area contributed by atoms with E-state index >= 15 is 0 Å². The largest absolute Gasteiger partial charge is 0.311 e. The fourth-order valence-electron chi connectivity index (χ4n) is 4.46. The van der Waals surface area contributed by atoms with Gasteiger partial charge in [0, 0.05) is 22.2 Å². The van der Waals surface area contributed by atoms with Crippen LogP contribution in [0.15, 0.2) is 47.5 Å². The lowest BCUT2D eigenvalue weighted by molar-refractivity contribution is -0.116. The average molecular weight is 448 g/mol. The van der Waals surface area contributed by atoms with Crippen molar-refractivity contribution in [1.29, 1.82) is 0 Å². The molecule has 0 saturated heterocycles. The fraction of sp³-hybridized carbons (Fsp3) is 0.320. The molecule has 0 atom stereocenters. The summed E-state index contributed by atoms with van der Waals surface area (Å²) in [6.45, 7) is 4.62. The summed E-state index contributed by atoms with van der Waals surface area (Å²) in [6, 6.07) is 14.4. The van der Waals surface area contributed by atoms with Crippen molar-refractivity contribution in [2.45, 2.75) is 44.6 Å². The van der Waals surface area contributed by atoms with Gasteiger partial charge in [0.05, 0.1) is 11.4 Å². The van der Waals surface area contributed by atoms with Crippen LogP contribution in [-0.2, 0) is 17.6 Å². The highest BCUT2D eigenvalue weighted by Gasteiger charge is 2.22. The van der Waals surface area contributed by atoms with E-state index in [-0.39, 0.29) is 5.91 Å². The molecule has 1 aliphatic rings. The molecule has 0 fully saturated rings. The van der Waals surface area contributed by atoms with Gasteiger partial charge in [-0.1, -0.05) is 48.2 Å². The van der Waals surface area contributed by atoms with Gasteiger partial charge in [0.1, 0.15) is 15.7 Å². The Bertz CT molecular complexity index is 1280. The first-order valence-electron chi connectivity index (χ1n) is 10.9. The number of hydrogen-bond donors (Lipinski definition) is 0. The van der Waals surface area contributed by atoms with Gasteiger partial charge in [0.15, 0.2) is 0 Å². The zero-order chi connectivity index (χ0) is 21.4. The van der Waals surface area contributed by atoms with Gasteiger partial charge >= 0.3 is 0 Å². The van der Waals surface area contributed by atoms with E-state index in [9.17, 15) is 4.79 Å². The van der Waals surface area contributed by atoms with Gasteiger partial charge in [-0.05, 0) is 56.5 Å². The first kappa shape index (κ1) is 20.5. The Morgan fingerprint density at radius 3 is 2.77 bits per heavy atom. The van der Waals surface area contributed by atoms with E-state index in [2.05, 4.69) is 18.2 Å². The van der Waals surface area contributed by atoms with E-state index in [1.54, 1.807) is 11.8 Å². The molecule has 2 aromatic carbocycles. The molecule has 0 aliphatic heterocycles. The van der Waals surface area contributed by atoms with E-state index in [1.165, 1.54) is 28.7 Å². The third-order valence-corrected chi connectivity index (χ3v) is 8.05. The molecule has 4 nitrogen and oxygen atoms in total. The van der Waals surface area contributed by atoms with Crippen molar-refractivity contribution in [3.05, 3.63) is 58.7 Å². The minimum Gasteiger partial charge on any atom is -0.311 e. The molecule has 0 unspecified atom stereocenters. The van der Waals surface area contributed by atoms with Gasteiger partial charge in [-0.15, -0.1) is 11.3 Å². The number of carbonyl (C=O) groups is 1. The molecule has 1 amide bonds. The summed E-state index contributed by atoms with van der Waals surface area (Å²) in [5, 5.41) is 4.41. The number of anilines is 1. The van der Waals surface area contributed by atoms with E-state index in [0.717, 1.165) is 45.0 Å². The number of hydrogen-bond acceptors (Lipinski definition) is 5. The molecule has 0 saturated carbocycles. The van der Waals surface area contributed by atoms with Crippen LogP contribution in [0.25, 0.3) is 21.0 Å². The van der Waals surface area contributed by atoms with Crippen molar-refractivity contribution in [3.63, 3.8) is 0 Å². The number of thiophene rings is 1. The number of benzene rings is 2. The summed E-state index contributed by atoms with van der Waals surface area (Å²) in [7, 11) is 0. The number of nitrogens with zero attached hydrogens (tertiary/aromatic N) is 3. The van der Waals surface area contributed by atoms with E-state index < -0.39 is 0 Å². The number of thioether (sulfide) groups is 1. The number of aryl methyl sites for hydroxylation is 3. The summed E-state index contributed by atoms with van der Waals surface area (Å²) >= 11 is 3.37. The second-order valence-electron chi connectivity index (χ2n) is 7.89. The first-order valence-corrected chi connectivity index (χ1v) is 12.7. The number of amides is 1. The quantitative estimate of drug-likeness (QED) is 0.271. The highest BCUT2D eigenvalue weighted by Crippen LogP contribution is 2.40. The number of rotatable bonds is 5. The van der Waals surface area contributed by atoms with Crippen LogP contribution in [0.5, 0.6) is 0 Å². The lowest BCUT2D eigenvalue weighted by atomic mass is 9.97. The van der Waals surface area contributed by atoms with Crippen LogP contribution in [0.2, 0.25) is 0 Å². The van der Waals surface area contributed by atoms with E-state index in [4.69, 9.17) is 9.97 Å². The summed E-state index contributed by atoms with van der Waals surface area (Å²) in [6.07, 6.45) is 4.72. The van der Waals surface area contributed by atoms with Crippen molar-refractivity contribution >= 4 is 55.7 Å². The Labute approximate surface area is 190 Å². The van der Waals surface area contributed by atoms with Crippen LogP contribution in [0.4, 0.5) is 5.69 Å².